The molecule has 0 aromatic heterocycles. The molecule has 2 rings (SSSR count). The molecular weight excluding hydrogens is 300 g/mol. The van der Waals surface area contributed by atoms with Crippen LogP contribution in [0.25, 0.3) is 0 Å². The van der Waals surface area contributed by atoms with Crippen LogP contribution in [-0.2, 0) is 9.47 Å². The highest BCUT2D eigenvalue weighted by Crippen LogP contribution is 2.12. The Morgan fingerprint density at radius 3 is 2.73 bits per heavy atom. The molecule has 0 bridgehead atoms. The Bertz CT molecular complexity index is 511. The maximum absolute atomic E-state index is 11.7. The lowest BCUT2D eigenvalue weighted by molar-refractivity contribution is 0.0378. The van der Waals surface area contributed by atoms with E-state index < -0.39 is 0 Å². The molecular formula is C16H22N2O3S. The summed E-state index contributed by atoms with van der Waals surface area (Å²) < 4.78 is 10.7. The van der Waals surface area contributed by atoms with Crippen LogP contribution in [0.15, 0.2) is 24.3 Å². The van der Waals surface area contributed by atoms with Crippen molar-refractivity contribution in [2.45, 2.75) is 38.9 Å². The third-order valence-electron chi connectivity index (χ3n) is 3.24. The first-order valence-corrected chi connectivity index (χ1v) is 7.93. The monoisotopic (exact) mass is 322 g/mol. The van der Waals surface area contributed by atoms with Gasteiger partial charge in [-0.1, -0.05) is 0 Å². The van der Waals surface area contributed by atoms with Crippen LogP contribution in [0, 0.1) is 0 Å². The SMILES string of the molecule is CC(C)OC(=O)c1ccc(NC(=S)NCC2CCCO2)cc1. The van der Waals surface area contributed by atoms with E-state index in [2.05, 4.69) is 10.6 Å². The first-order chi connectivity index (χ1) is 10.5. The minimum Gasteiger partial charge on any atom is -0.459 e. The van der Waals surface area contributed by atoms with Crippen molar-refractivity contribution >= 4 is 29.0 Å². The van der Waals surface area contributed by atoms with Gasteiger partial charge in [0.1, 0.15) is 0 Å². The number of hydrogen-bond donors (Lipinski definition) is 2. The maximum Gasteiger partial charge on any atom is 0.338 e. The highest BCUT2D eigenvalue weighted by molar-refractivity contribution is 7.80. The molecule has 1 fully saturated rings. The summed E-state index contributed by atoms with van der Waals surface area (Å²) in [6.07, 6.45) is 2.30. The lowest BCUT2D eigenvalue weighted by atomic mass is 10.2. The molecule has 1 saturated heterocycles. The van der Waals surface area contributed by atoms with E-state index in [9.17, 15) is 4.79 Å². The predicted molar refractivity (Wildman–Crippen MR) is 90.2 cm³/mol. The average Bonchev–Trinajstić information content (AvgIpc) is 2.98. The number of anilines is 1. The molecule has 6 heteroatoms. The second-order valence-electron chi connectivity index (χ2n) is 5.50. The molecule has 120 valence electrons. The van der Waals surface area contributed by atoms with Crippen molar-refractivity contribution < 1.29 is 14.3 Å². The summed E-state index contributed by atoms with van der Waals surface area (Å²) in [6, 6.07) is 7.04. The van der Waals surface area contributed by atoms with Gasteiger partial charge in [-0.2, -0.15) is 0 Å². The zero-order valence-electron chi connectivity index (χ0n) is 12.9. The zero-order chi connectivity index (χ0) is 15.9. The number of rotatable bonds is 5. The quantitative estimate of drug-likeness (QED) is 0.642. The number of carbonyl (C=O) groups excluding carboxylic acids is 1. The summed E-state index contributed by atoms with van der Waals surface area (Å²) >= 11 is 5.24. The van der Waals surface area contributed by atoms with E-state index in [1.165, 1.54) is 0 Å². The lowest BCUT2D eigenvalue weighted by Gasteiger charge is -2.14. The van der Waals surface area contributed by atoms with E-state index in [1.54, 1.807) is 24.3 Å². The van der Waals surface area contributed by atoms with Gasteiger partial charge in [0.25, 0.3) is 0 Å². The van der Waals surface area contributed by atoms with E-state index in [-0.39, 0.29) is 18.2 Å². The molecule has 1 aliphatic heterocycles. The highest BCUT2D eigenvalue weighted by atomic mass is 32.1. The lowest BCUT2D eigenvalue weighted by Crippen LogP contribution is -2.34. The molecule has 1 heterocycles. The van der Waals surface area contributed by atoms with E-state index in [0.29, 0.717) is 17.2 Å². The minimum atomic E-state index is -0.319. The molecule has 22 heavy (non-hydrogen) atoms. The Morgan fingerprint density at radius 1 is 1.41 bits per heavy atom. The van der Waals surface area contributed by atoms with Crippen molar-refractivity contribution in [1.82, 2.24) is 5.32 Å². The molecule has 1 aromatic rings. The summed E-state index contributed by atoms with van der Waals surface area (Å²) in [5, 5.41) is 6.77. The fraction of sp³-hybridized carbons (Fsp3) is 0.500. The van der Waals surface area contributed by atoms with Crippen LogP contribution in [0.1, 0.15) is 37.0 Å². The molecule has 0 amide bonds. The Balaban J connectivity index is 1.80. The van der Waals surface area contributed by atoms with Crippen LogP contribution in [-0.4, -0.2) is 36.4 Å². The zero-order valence-corrected chi connectivity index (χ0v) is 13.7. The van der Waals surface area contributed by atoms with Gasteiger partial charge in [0.05, 0.1) is 17.8 Å². The topological polar surface area (TPSA) is 59.6 Å². The van der Waals surface area contributed by atoms with Crippen molar-refractivity contribution in [3.63, 3.8) is 0 Å². The first-order valence-electron chi connectivity index (χ1n) is 7.52. The molecule has 0 aliphatic carbocycles. The number of benzene rings is 1. The van der Waals surface area contributed by atoms with Gasteiger partial charge in [-0.05, 0) is 63.2 Å². The number of nitrogens with one attached hydrogen (secondary N) is 2. The van der Waals surface area contributed by atoms with E-state index in [1.807, 2.05) is 13.8 Å². The van der Waals surface area contributed by atoms with Crippen LogP contribution in [0.2, 0.25) is 0 Å². The largest absolute Gasteiger partial charge is 0.459 e. The molecule has 5 nitrogen and oxygen atoms in total. The van der Waals surface area contributed by atoms with Crippen LogP contribution < -0.4 is 10.6 Å². The highest BCUT2D eigenvalue weighted by Gasteiger charge is 2.15. The maximum atomic E-state index is 11.7. The molecule has 1 aliphatic rings. The fourth-order valence-electron chi connectivity index (χ4n) is 2.16. The number of hydrogen-bond acceptors (Lipinski definition) is 4. The Hall–Kier alpha value is -1.66. The van der Waals surface area contributed by atoms with E-state index >= 15 is 0 Å². The van der Waals surface area contributed by atoms with E-state index in [4.69, 9.17) is 21.7 Å². The van der Waals surface area contributed by atoms with Gasteiger partial charge in [-0.3, -0.25) is 0 Å². The Morgan fingerprint density at radius 2 is 2.14 bits per heavy atom. The third kappa shape index (κ3) is 5.27. The van der Waals surface area contributed by atoms with Gasteiger partial charge < -0.3 is 20.1 Å². The van der Waals surface area contributed by atoms with E-state index in [0.717, 1.165) is 25.1 Å². The average molecular weight is 322 g/mol. The molecule has 1 atom stereocenters. The minimum absolute atomic E-state index is 0.125. The van der Waals surface area contributed by atoms with Gasteiger partial charge in [-0.15, -0.1) is 0 Å². The number of carbonyl (C=O) groups is 1. The summed E-state index contributed by atoms with van der Waals surface area (Å²) in [5.74, 6) is -0.319. The molecule has 0 saturated carbocycles. The molecule has 1 unspecified atom stereocenters. The van der Waals surface area contributed by atoms with Crippen molar-refractivity contribution in [2.24, 2.45) is 0 Å². The third-order valence-corrected chi connectivity index (χ3v) is 3.48. The summed E-state index contributed by atoms with van der Waals surface area (Å²) in [6.45, 7) is 5.20. The second kappa shape index (κ2) is 8.10. The standard InChI is InChI=1S/C16H22N2O3S/c1-11(2)21-15(19)12-5-7-13(8-6-12)18-16(22)17-10-14-4-3-9-20-14/h5-8,11,14H,3-4,9-10H2,1-2H3,(H2,17,18,22). The number of ether oxygens (including phenoxy) is 2. The predicted octanol–water partition coefficient (Wildman–Crippen LogP) is 2.72. The second-order valence-corrected chi connectivity index (χ2v) is 5.91. The van der Waals surface area contributed by atoms with Crippen molar-refractivity contribution in [2.75, 3.05) is 18.5 Å². The van der Waals surface area contributed by atoms with Crippen LogP contribution >= 0.6 is 12.2 Å². The fourth-order valence-corrected chi connectivity index (χ4v) is 2.36. The van der Waals surface area contributed by atoms with Gasteiger partial charge >= 0.3 is 5.97 Å². The molecule has 0 radical (unpaired) electrons. The summed E-state index contributed by atoms with van der Waals surface area (Å²) in [7, 11) is 0. The molecule has 0 spiro atoms. The Labute approximate surface area is 136 Å². The summed E-state index contributed by atoms with van der Waals surface area (Å²) in [5.41, 5.74) is 1.35. The first kappa shape index (κ1) is 16.7. The van der Waals surface area contributed by atoms with Crippen LogP contribution in [0.3, 0.4) is 0 Å². The summed E-state index contributed by atoms with van der Waals surface area (Å²) in [4.78, 5) is 11.7. The van der Waals surface area contributed by atoms with Crippen molar-refractivity contribution in [3.8, 4) is 0 Å². The van der Waals surface area contributed by atoms with Crippen LogP contribution in [0.4, 0.5) is 5.69 Å². The number of thiocarbonyl (C=S) groups is 1. The smallest absolute Gasteiger partial charge is 0.338 e. The Kier molecular flexibility index (Phi) is 6.15. The molecule has 1 aromatic carbocycles. The molecule has 2 N–H and O–H groups in total. The van der Waals surface area contributed by atoms with Crippen LogP contribution in [0.5, 0.6) is 0 Å². The van der Waals surface area contributed by atoms with Gasteiger partial charge in [0, 0.05) is 18.8 Å². The number of esters is 1. The van der Waals surface area contributed by atoms with Crippen molar-refractivity contribution in [1.29, 1.82) is 0 Å². The normalized spacial score (nSPS) is 17.3. The van der Waals surface area contributed by atoms with Crippen molar-refractivity contribution in [3.05, 3.63) is 29.8 Å². The van der Waals surface area contributed by atoms with Gasteiger partial charge in [0.2, 0.25) is 0 Å². The van der Waals surface area contributed by atoms with Gasteiger partial charge in [0.15, 0.2) is 5.11 Å². The van der Waals surface area contributed by atoms with Gasteiger partial charge in [-0.25, -0.2) is 4.79 Å².